The number of thiocarbonyl (C=S) groups is 1. The molecule has 2 amide bonds. The van der Waals surface area contributed by atoms with Crippen LogP contribution in [0.5, 0.6) is 23.0 Å². The van der Waals surface area contributed by atoms with Crippen molar-refractivity contribution in [3.05, 3.63) is 77.2 Å². The molecular weight excluding hydrogens is 524 g/mol. The van der Waals surface area contributed by atoms with Gasteiger partial charge in [0.05, 0.1) is 37.1 Å². The van der Waals surface area contributed by atoms with Crippen LogP contribution in [-0.4, -0.2) is 43.6 Å². The molecule has 0 bridgehead atoms. The quantitative estimate of drug-likeness (QED) is 0.261. The van der Waals surface area contributed by atoms with Crippen molar-refractivity contribution in [2.45, 2.75) is 6.92 Å². The van der Waals surface area contributed by atoms with Crippen LogP contribution in [0, 0.1) is 0 Å². The third-order valence-corrected chi connectivity index (χ3v) is 6.73. The highest BCUT2D eigenvalue weighted by Crippen LogP contribution is 2.37. The Labute approximate surface area is 230 Å². The van der Waals surface area contributed by atoms with Crippen molar-refractivity contribution in [3.63, 3.8) is 0 Å². The van der Waals surface area contributed by atoms with Gasteiger partial charge in [0.1, 0.15) is 11.5 Å². The van der Waals surface area contributed by atoms with Crippen LogP contribution in [0.2, 0.25) is 0 Å². The number of hydrogen-bond donors (Lipinski definition) is 1. The van der Waals surface area contributed by atoms with Gasteiger partial charge >= 0.3 is 0 Å². The van der Waals surface area contributed by atoms with E-state index in [1.807, 2.05) is 19.1 Å². The highest BCUT2D eigenvalue weighted by molar-refractivity contribution is 8.27. The van der Waals surface area contributed by atoms with Gasteiger partial charge in [-0.1, -0.05) is 42.2 Å². The summed E-state index contributed by atoms with van der Waals surface area (Å²) in [6.45, 7) is 2.13. The van der Waals surface area contributed by atoms with Gasteiger partial charge in [-0.2, -0.15) is 0 Å². The number of thioether (sulfide) groups is 1. The molecule has 0 aromatic heterocycles. The van der Waals surface area contributed by atoms with E-state index in [-0.39, 0.29) is 18.4 Å². The van der Waals surface area contributed by atoms with Crippen molar-refractivity contribution in [2.24, 2.45) is 0 Å². The van der Waals surface area contributed by atoms with Crippen LogP contribution in [0.3, 0.4) is 0 Å². The molecule has 0 saturated carbocycles. The first-order valence-corrected chi connectivity index (χ1v) is 12.9. The van der Waals surface area contributed by atoms with Gasteiger partial charge < -0.3 is 24.3 Å². The average molecular weight is 551 g/mol. The van der Waals surface area contributed by atoms with E-state index in [1.165, 1.54) is 23.8 Å². The van der Waals surface area contributed by atoms with Crippen molar-refractivity contribution in [3.8, 4) is 23.0 Å². The monoisotopic (exact) mass is 550 g/mol. The van der Waals surface area contributed by atoms with Gasteiger partial charge in [-0.15, -0.1) is 0 Å². The molecule has 3 aromatic rings. The van der Waals surface area contributed by atoms with E-state index in [4.69, 9.17) is 31.2 Å². The summed E-state index contributed by atoms with van der Waals surface area (Å²) >= 11 is 6.68. The summed E-state index contributed by atoms with van der Waals surface area (Å²) in [5, 5.41) is 2.79. The molecule has 4 rings (SSSR count). The number of methoxy groups -OCH3 is 2. The van der Waals surface area contributed by atoms with Crippen LogP contribution in [-0.2, 0) is 9.59 Å². The lowest BCUT2D eigenvalue weighted by Crippen LogP contribution is -2.27. The second kappa shape index (κ2) is 12.5. The minimum absolute atomic E-state index is 0.214. The number of anilines is 2. The van der Waals surface area contributed by atoms with Gasteiger partial charge in [-0.25, -0.2) is 0 Å². The highest BCUT2D eigenvalue weighted by atomic mass is 32.2. The van der Waals surface area contributed by atoms with Crippen molar-refractivity contribution < 1.29 is 28.5 Å². The number of rotatable bonds is 10. The average Bonchev–Trinajstić information content (AvgIpc) is 3.21. The normalized spacial score (nSPS) is 14.0. The van der Waals surface area contributed by atoms with Crippen molar-refractivity contribution in [2.75, 3.05) is 37.7 Å². The molecule has 10 heteroatoms. The summed E-state index contributed by atoms with van der Waals surface area (Å²) in [5.74, 6) is 1.54. The Hall–Kier alpha value is -4.02. The van der Waals surface area contributed by atoms with Crippen LogP contribution < -0.4 is 29.2 Å². The lowest BCUT2D eigenvalue weighted by molar-refractivity contribution is -0.118. The minimum Gasteiger partial charge on any atom is -0.497 e. The first-order valence-electron chi connectivity index (χ1n) is 11.7. The summed E-state index contributed by atoms with van der Waals surface area (Å²) in [6, 6.07) is 19.5. The molecule has 0 atom stereocenters. The van der Waals surface area contributed by atoms with Crippen LogP contribution in [0.15, 0.2) is 71.6 Å². The third kappa shape index (κ3) is 6.27. The lowest BCUT2D eigenvalue weighted by Gasteiger charge is -2.14. The molecule has 8 nitrogen and oxygen atoms in total. The van der Waals surface area contributed by atoms with E-state index in [0.717, 1.165) is 5.56 Å². The fourth-order valence-corrected chi connectivity index (χ4v) is 4.95. The number of nitrogens with one attached hydrogen (secondary N) is 1. The molecule has 1 aliphatic rings. The van der Waals surface area contributed by atoms with Gasteiger partial charge in [0.15, 0.2) is 22.4 Å². The zero-order valence-corrected chi connectivity index (χ0v) is 22.7. The van der Waals surface area contributed by atoms with Crippen LogP contribution in [0.1, 0.15) is 12.5 Å². The van der Waals surface area contributed by atoms with Crippen molar-refractivity contribution >= 4 is 57.6 Å². The summed E-state index contributed by atoms with van der Waals surface area (Å²) in [7, 11) is 3.09. The van der Waals surface area contributed by atoms with E-state index in [0.29, 0.717) is 50.2 Å². The molecule has 1 aliphatic heterocycles. The fourth-order valence-electron chi connectivity index (χ4n) is 3.65. The zero-order chi connectivity index (χ0) is 27.1. The molecule has 1 fully saturated rings. The second-order valence-corrected chi connectivity index (χ2v) is 9.57. The first-order chi connectivity index (χ1) is 18.4. The molecule has 3 aromatic carbocycles. The fraction of sp³-hybridized carbons (Fsp3) is 0.179. The Morgan fingerprint density at radius 1 is 0.974 bits per heavy atom. The number of carbonyl (C=O) groups is 2. The maximum Gasteiger partial charge on any atom is 0.270 e. The number of nitrogens with zero attached hydrogens (tertiary/aromatic N) is 1. The highest BCUT2D eigenvalue weighted by Gasteiger charge is 2.33. The number of ether oxygens (including phenoxy) is 4. The smallest absolute Gasteiger partial charge is 0.270 e. The minimum atomic E-state index is -0.342. The summed E-state index contributed by atoms with van der Waals surface area (Å²) in [6.07, 6.45) is 1.74. The number of amides is 2. The predicted molar refractivity (Wildman–Crippen MR) is 153 cm³/mol. The maximum absolute atomic E-state index is 13.1. The molecule has 0 aliphatic carbocycles. The molecule has 1 N–H and O–H groups in total. The van der Waals surface area contributed by atoms with E-state index < -0.39 is 0 Å². The number of para-hydroxylation sites is 2. The third-order valence-electron chi connectivity index (χ3n) is 5.43. The molecule has 0 radical (unpaired) electrons. The molecule has 1 heterocycles. The number of benzene rings is 3. The van der Waals surface area contributed by atoms with Gasteiger partial charge in [0.2, 0.25) is 0 Å². The molecule has 0 spiro atoms. The summed E-state index contributed by atoms with van der Waals surface area (Å²) in [4.78, 5) is 27.5. The number of carbonyl (C=O) groups excluding carboxylic acids is 2. The van der Waals surface area contributed by atoms with Gasteiger partial charge in [0.25, 0.3) is 11.8 Å². The number of hydrogen-bond acceptors (Lipinski definition) is 8. The summed E-state index contributed by atoms with van der Waals surface area (Å²) < 4.78 is 22.3. The van der Waals surface area contributed by atoms with Gasteiger partial charge in [-0.3, -0.25) is 14.5 Å². The zero-order valence-electron chi connectivity index (χ0n) is 21.1. The molecule has 0 unspecified atom stereocenters. The topological polar surface area (TPSA) is 86.3 Å². The second-order valence-electron chi connectivity index (χ2n) is 7.89. The molecule has 38 heavy (non-hydrogen) atoms. The first kappa shape index (κ1) is 27.0. The van der Waals surface area contributed by atoms with E-state index in [2.05, 4.69) is 5.32 Å². The van der Waals surface area contributed by atoms with Crippen LogP contribution in [0.25, 0.3) is 6.08 Å². The van der Waals surface area contributed by atoms with Crippen molar-refractivity contribution in [1.29, 1.82) is 0 Å². The largest absolute Gasteiger partial charge is 0.497 e. The Morgan fingerprint density at radius 3 is 2.45 bits per heavy atom. The van der Waals surface area contributed by atoms with Crippen LogP contribution >= 0.6 is 24.0 Å². The Kier molecular flexibility index (Phi) is 8.88. The van der Waals surface area contributed by atoms with Crippen LogP contribution in [0.4, 0.5) is 11.4 Å². The SMILES string of the molecule is CCOc1ccccc1NC(=O)COc1ccc(/C=C2\SC(=S)N(c3ccc(OC)cc3)C2=O)cc1OC. The van der Waals surface area contributed by atoms with Gasteiger partial charge in [0, 0.05) is 0 Å². The molecule has 196 valence electrons. The Bertz CT molecular complexity index is 1370. The standard InChI is InChI=1S/C28H26N2O6S2/c1-4-35-22-8-6-5-7-21(22)29-26(31)17-36-23-14-9-18(15-24(23)34-3)16-25-27(32)30(28(37)38-25)19-10-12-20(33-2)13-11-19/h5-16H,4,17H2,1-3H3,(H,29,31)/b25-16-. The summed E-state index contributed by atoms with van der Waals surface area (Å²) in [5.41, 5.74) is 1.96. The van der Waals surface area contributed by atoms with Crippen molar-refractivity contribution in [1.82, 2.24) is 0 Å². The Balaban J connectivity index is 1.44. The van der Waals surface area contributed by atoms with E-state index >= 15 is 0 Å². The van der Waals surface area contributed by atoms with E-state index in [1.54, 1.807) is 67.8 Å². The van der Waals surface area contributed by atoms with Gasteiger partial charge in [-0.05, 0) is 67.1 Å². The molecule has 1 saturated heterocycles. The Morgan fingerprint density at radius 2 is 1.74 bits per heavy atom. The predicted octanol–water partition coefficient (Wildman–Crippen LogP) is 5.53. The lowest BCUT2D eigenvalue weighted by atomic mass is 10.1. The van der Waals surface area contributed by atoms with E-state index in [9.17, 15) is 9.59 Å². The maximum atomic E-state index is 13.1. The molecular formula is C28H26N2O6S2.